The molecule has 7 nitrogen and oxygen atoms in total. The normalized spacial score (nSPS) is 17.3. The Hall–Kier alpha value is -3.26. The number of hydrogen-bond donors (Lipinski definition) is 1. The molecule has 8 heteroatoms. The van der Waals surface area contributed by atoms with Crippen LogP contribution in [0.25, 0.3) is 11.0 Å². The number of aromatic nitrogens is 2. The number of piperidine rings is 1. The van der Waals surface area contributed by atoms with Crippen LogP contribution in [-0.4, -0.2) is 62.5 Å². The molecule has 0 atom stereocenters. The van der Waals surface area contributed by atoms with E-state index in [0.717, 1.165) is 28.7 Å². The van der Waals surface area contributed by atoms with E-state index in [9.17, 15) is 14.0 Å². The van der Waals surface area contributed by atoms with Gasteiger partial charge in [-0.25, -0.2) is 9.37 Å². The van der Waals surface area contributed by atoms with E-state index in [1.165, 1.54) is 17.7 Å². The summed E-state index contributed by atoms with van der Waals surface area (Å²) in [6.45, 7) is 2.96. The van der Waals surface area contributed by atoms with E-state index < -0.39 is 5.97 Å². The maximum atomic E-state index is 13.8. The number of aliphatic carboxylic acids is 1. The summed E-state index contributed by atoms with van der Waals surface area (Å²) in [6, 6.07) is 10.6. The molecule has 0 unspecified atom stereocenters. The van der Waals surface area contributed by atoms with E-state index >= 15 is 0 Å². The van der Waals surface area contributed by atoms with Gasteiger partial charge in [-0.05, 0) is 67.7 Å². The molecule has 1 saturated heterocycles. The van der Waals surface area contributed by atoms with Gasteiger partial charge in [-0.15, -0.1) is 0 Å². The minimum atomic E-state index is -0.830. The third kappa shape index (κ3) is 4.35. The number of pyridine rings is 1. The predicted octanol–water partition coefficient (Wildman–Crippen LogP) is 2.91. The highest BCUT2D eigenvalue weighted by atomic mass is 19.1. The number of rotatable bonds is 5. The second-order valence-electron chi connectivity index (χ2n) is 8.97. The number of carbonyl (C=O) groups is 2. The molecule has 0 radical (unpaired) electrons. The Morgan fingerprint density at radius 1 is 1.12 bits per heavy atom. The van der Waals surface area contributed by atoms with Crippen LogP contribution in [0.4, 0.5) is 4.39 Å². The number of likely N-dealkylation sites (tertiary alicyclic amines) is 1. The highest BCUT2D eigenvalue weighted by molar-refractivity contribution is 5.84. The van der Waals surface area contributed by atoms with Crippen LogP contribution in [0.1, 0.15) is 29.7 Å². The summed E-state index contributed by atoms with van der Waals surface area (Å²) < 4.78 is 15.9. The van der Waals surface area contributed by atoms with Gasteiger partial charge in [-0.3, -0.25) is 14.5 Å². The average Bonchev–Trinajstić information content (AvgIpc) is 3.12. The Bertz CT molecular complexity index is 1200. The van der Waals surface area contributed by atoms with Gasteiger partial charge in [-0.2, -0.15) is 0 Å². The quantitative estimate of drug-likeness (QED) is 0.647. The Morgan fingerprint density at radius 2 is 1.94 bits per heavy atom. The van der Waals surface area contributed by atoms with Crippen LogP contribution in [-0.2, 0) is 29.1 Å². The van der Waals surface area contributed by atoms with Gasteiger partial charge in [0, 0.05) is 36.3 Å². The Labute approximate surface area is 191 Å². The number of hydrogen-bond acceptors (Lipinski definition) is 4. The highest BCUT2D eigenvalue weighted by Gasteiger charge is 2.33. The molecule has 5 rings (SSSR count). The van der Waals surface area contributed by atoms with Crippen LogP contribution in [0, 0.1) is 11.7 Å². The van der Waals surface area contributed by atoms with Gasteiger partial charge in [0.05, 0.1) is 13.1 Å². The van der Waals surface area contributed by atoms with Crippen molar-refractivity contribution in [2.24, 2.45) is 5.92 Å². The van der Waals surface area contributed by atoms with E-state index in [2.05, 4.69) is 15.6 Å². The molecule has 1 aromatic carbocycles. The first-order chi connectivity index (χ1) is 16.0. The van der Waals surface area contributed by atoms with Crippen molar-refractivity contribution in [3.63, 3.8) is 0 Å². The summed E-state index contributed by atoms with van der Waals surface area (Å²) in [5.41, 5.74) is 4.00. The molecule has 1 fully saturated rings. The smallest absolute Gasteiger partial charge is 0.317 e. The van der Waals surface area contributed by atoms with Crippen LogP contribution in [0.2, 0.25) is 0 Å². The van der Waals surface area contributed by atoms with Crippen LogP contribution < -0.4 is 0 Å². The lowest BCUT2D eigenvalue weighted by atomic mass is 9.94. The zero-order valence-electron chi connectivity index (χ0n) is 18.4. The number of carboxylic acids is 1. The molecule has 2 aliphatic rings. The third-order valence-electron chi connectivity index (χ3n) is 6.85. The number of carboxylic acid groups (broad SMARTS) is 1. The standard InChI is InChI=1S/C25H27FN4O3/c26-19-4-1-3-17(13-19)14-30-22-15-29(12-8-20(22)21-5-2-9-27-24(21)30)25(33)18-6-10-28(11-7-18)16-23(31)32/h1-5,9,13,18H,6-8,10-12,14-16H2,(H,31,32). The van der Waals surface area contributed by atoms with E-state index in [0.29, 0.717) is 45.6 Å². The number of halogens is 1. The van der Waals surface area contributed by atoms with Gasteiger partial charge in [0.2, 0.25) is 5.91 Å². The van der Waals surface area contributed by atoms with Gasteiger partial charge in [0.15, 0.2) is 0 Å². The van der Waals surface area contributed by atoms with Crippen molar-refractivity contribution in [2.75, 3.05) is 26.2 Å². The summed E-state index contributed by atoms with van der Waals surface area (Å²) in [5.74, 6) is -1.03. The van der Waals surface area contributed by atoms with E-state index in [1.807, 2.05) is 21.9 Å². The van der Waals surface area contributed by atoms with Crippen LogP contribution in [0.5, 0.6) is 0 Å². The number of amides is 1. The molecule has 0 aliphatic carbocycles. The Morgan fingerprint density at radius 3 is 2.70 bits per heavy atom. The molecule has 1 amide bonds. The SMILES string of the molecule is O=C(O)CN1CCC(C(=O)N2CCc3c(n(Cc4cccc(F)c4)c4ncccc34)C2)CC1. The first-order valence-corrected chi connectivity index (χ1v) is 11.4. The van der Waals surface area contributed by atoms with Crippen molar-refractivity contribution >= 4 is 22.9 Å². The number of benzene rings is 1. The van der Waals surface area contributed by atoms with Crippen molar-refractivity contribution in [3.05, 3.63) is 65.2 Å². The minimum Gasteiger partial charge on any atom is -0.480 e. The lowest BCUT2D eigenvalue weighted by Gasteiger charge is -2.35. The van der Waals surface area contributed by atoms with Gasteiger partial charge in [-0.1, -0.05) is 12.1 Å². The molecule has 0 spiro atoms. The number of fused-ring (bicyclic) bond motifs is 3. The number of nitrogens with zero attached hydrogens (tertiary/aromatic N) is 4. The third-order valence-corrected chi connectivity index (χ3v) is 6.85. The van der Waals surface area contributed by atoms with Crippen molar-refractivity contribution in [2.45, 2.75) is 32.4 Å². The summed E-state index contributed by atoms with van der Waals surface area (Å²) in [4.78, 5) is 32.7. The van der Waals surface area contributed by atoms with Crippen molar-refractivity contribution in [3.8, 4) is 0 Å². The van der Waals surface area contributed by atoms with Gasteiger partial charge >= 0.3 is 5.97 Å². The minimum absolute atomic E-state index is 0.0289. The van der Waals surface area contributed by atoms with Crippen molar-refractivity contribution in [1.82, 2.24) is 19.4 Å². The molecule has 0 bridgehead atoms. The van der Waals surface area contributed by atoms with E-state index in [1.54, 1.807) is 12.3 Å². The topological polar surface area (TPSA) is 78.7 Å². The van der Waals surface area contributed by atoms with Crippen LogP contribution >= 0.6 is 0 Å². The summed E-state index contributed by atoms with van der Waals surface area (Å²) in [6.07, 6.45) is 3.90. The fraction of sp³-hybridized carbons (Fsp3) is 0.400. The fourth-order valence-corrected chi connectivity index (χ4v) is 5.22. The molecular formula is C25H27FN4O3. The average molecular weight is 451 g/mol. The Balaban J connectivity index is 1.38. The predicted molar refractivity (Wildman–Crippen MR) is 121 cm³/mol. The molecular weight excluding hydrogens is 423 g/mol. The lowest BCUT2D eigenvalue weighted by molar-refractivity contribution is -0.140. The van der Waals surface area contributed by atoms with E-state index in [-0.39, 0.29) is 24.2 Å². The zero-order valence-corrected chi connectivity index (χ0v) is 18.4. The maximum absolute atomic E-state index is 13.8. The molecule has 172 valence electrons. The maximum Gasteiger partial charge on any atom is 0.317 e. The molecule has 2 aromatic heterocycles. The second-order valence-corrected chi connectivity index (χ2v) is 8.97. The fourth-order valence-electron chi connectivity index (χ4n) is 5.22. The monoisotopic (exact) mass is 450 g/mol. The Kier molecular flexibility index (Phi) is 5.85. The zero-order chi connectivity index (χ0) is 22.9. The van der Waals surface area contributed by atoms with Crippen LogP contribution in [0.3, 0.4) is 0 Å². The number of carbonyl (C=O) groups excluding carboxylic acids is 1. The molecule has 0 saturated carbocycles. The summed E-state index contributed by atoms with van der Waals surface area (Å²) in [5, 5.41) is 10.1. The molecule has 3 aromatic rings. The molecule has 2 aliphatic heterocycles. The van der Waals surface area contributed by atoms with Gasteiger partial charge in [0.1, 0.15) is 11.5 Å². The highest BCUT2D eigenvalue weighted by Crippen LogP contribution is 2.32. The lowest BCUT2D eigenvalue weighted by Crippen LogP contribution is -2.45. The van der Waals surface area contributed by atoms with Crippen LogP contribution in [0.15, 0.2) is 42.6 Å². The molecule has 33 heavy (non-hydrogen) atoms. The molecule has 4 heterocycles. The van der Waals surface area contributed by atoms with Gasteiger partial charge in [0.25, 0.3) is 0 Å². The van der Waals surface area contributed by atoms with Gasteiger partial charge < -0.3 is 14.6 Å². The van der Waals surface area contributed by atoms with E-state index in [4.69, 9.17) is 5.11 Å². The van der Waals surface area contributed by atoms with Crippen molar-refractivity contribution in [1.29, 1.82) is 0 Å². The summed E-state index contributed by atoms with van der Waals surface area (Å²) >= 11 is 0. The van der Waals surface area contributed by atoms with Crippen molar-refractivity contribution < 1.29 is 19.1 Å². The first-order valence-electron chi connectivity index (χ1n) is 11.4. The largest absolute Gasteiger partial charge is 0.480 e. The second kappa shape index (κ2) is 8.94. The summed E-state index contributed by atoms with van der Waals surface area (Å²) in [7, 11) is 0. The molecule has 1 N–H and O–H groups in total. The first kappa shape index (κ1) is 21.6.